The topological polar surface area (TPSA) is 66.6 Å². The van der Waals surface area contributed by atoms with E-state index in [1.165, 1.54) is 0 Å². The zero-order valence-electron chi connectivity index (χ0n) is 10.9. The molecule has 1 saturated heterocycles. The number of aliphatic hydroxyl groups excluding tert-OH is 1. The Bertz CT molecular complexity index is 400. The zero-order chi connectivity index (χ0) is 13.0. The summed E-state index contributed by atoms with van der Waals surface area (Å²) in [6, 6.07) is 9.37. The van der Waals surface area contributed by atoms with Crippen molar-refractivity contribution in [2.45, 2.75) is 31.4 Å². The minimum Gasteiger partial charge on any atom is -0.391 e. The maximum absolute atomic E-state index is 12.1. The average Bonchev–Trinajstić information content (AvgIpc) is 2.39. The molecule has 2 unspecified atom stereocenters. The van der Waals surface area contributed by atoms with Gasteiger partial charge in [-0.1, -0.05) is 30.3 Å². The van der Waals surface area contributed by atoms with Gasteiger partial charge in [-0.3, -0.25) is 4.79 Å². The molecule has 4 nitrogen and oxygen atoms in total. The molecule has 0 bridgehead atoms. The lowest BCUT2D eigenvalue weighted by atomic mass is 10.0. The van der Waals surface area contributed by atoms with Crippen molar-refractivity contribution in [3.05, 3.63) is 35.9 Å². The summed E-state index contributed by atoms with van der Waals surface area (Å²) in [5.41, 5.74) is 7.00. The van der Waals surface area contributed by atoms with Crippen LogP contribution in [0.2, 0.25) is 0 Å². The van der Waals surface area contributed by atoms with Crippen molar-refractivity contribution in [1.82, 2.24) is 4.90 Å². The van der Waals surface area contributed by atoms with E-state index in [1.54, 1.807) is 4.90 Å². The fourth-order valence-corrected chi connectivity index (χ4v) is 2.32. The molecule has 0 aliphatic carbocycles. The van der Waals surface area contributed by atoms with Gasteiger partial charge < -0.3 is 15.7 Å². The lowest BCUT2D eigenvalue weighted by Crippen LogP contribution is -2.43. The summed E-state index contributed by atoms with van der Waals surface area (Å²) in [6.07, 6.45) is 1.58. The Morgan fingerprint density at radius 1 is 1.42 bits per heavy atom. The number of nitrogens with zero attached hydrogens (tertiary/aromatic N) is 1. The molecule has 1 aromatic carbocycles. The van der Waals surface area contributed by atoms with Crippen LogP contribution in [0.25, 0.3) is 0 Å². The summed E-state index contributed by atoms with van der Waals surface area (Å²) in [5, 5.41) is 9.55. The van der Waals surface area contributed by atoms with E-state index in [4.69, 9.17) is 5.73 Å². The number of piperidine rings is 1. The number of likely N-dealkylation sites (tertiary alicyclic amines) is 1. The van der Waals surface area contributed by atoms with Crippen molar-refractivity contribution in [3.8, 4) is 0 Å². The Morgan fingerprint density at radius 2 is 2.11 bits per heavy atom. The van der Waals surface area contributed by atoms with Gasteiger partial charge in [-0.2, -0.15) is 0 Å². The summed E-state index contributed by atoms with van der Waals surface area (Å²) >= 11 is 0. The fourth-order valence-electron chi connectivity index (χ4n) is 2.32. The summed E-state index contributed by atoms with van der Waals surface area (Å²) in [7, 11) is 0. The van der Waals surface area contributed by atoms with Crippen LogP contribution in [0.1, 0.15) is 30.9 Å². The normalized spacial score (nSPS) is 20.5. The minimum absolute atomic E-state index is 0. The van der Waals surface area contributed by atoms with Crippen LogP contribution in [0, 0.1) is 0 Å². The predicted octanol–water partition coefficient (Wildman–Crippen LogP) is 1.48. The number of halogens is 1. The highest BCUT2D eigenvalue weighted by molar-refractivity contribution is 5.85. The average molecular weight is 285 g/mol. The molecule has 1 aromatic rings. The smallest absolute Gasteiger partial charge is 0.224 e. The number of carbonyl (C=O) groups excluding carboxylic acids is 1. The summed E-state index contributed by atoms with van der Waals surface area (Å²) in [6.45, 7) is 1.18. The van der Waals surface area contributed by atoms with Gasteiger partial charge in [-0.05, 0) is 18.4 Å². The number of β-amino-alcohol motifs (C(OH)–C–C–N with tert-alkyl or cyclic N) is 1. The van der Waals surface area contributed by atoms with Gasteiger partial charge in [-0.15, -0.1) is 12.4 Å². The van der Waals surface area contributed by atoms with Gasteiger partial charge >= 0.3 is 0 Å². The molecule has 2 atom stereocenters. The van der Waals surface area contributed by atoms with Crippen LogP contribution in [0.15, 0.2) is 30.3 Å². The standard InChI is InChI=1S/C14H20N2O2.ClH/c15-13(11-5-2-1-3-6-11)9-14(18)16-8-4-7-12(17)10-16;/h1-3,5-6,12-13,17H,4,7-10,15H2;1H. The van der Waals surface area contributed by atoms with Crippen molar-refractivity contribution in [1.29, 1.82) is 0 Å². The van der Waals surface area contributed by atoms with Gasteiger partial charge in [0.2, 0.25) is 5.91 Å². The van der Waals surface area contributed by atoms with E-state index in [1.807, 2.05) is 30.3 Å². The molecule has 5 heteroatoms. The van der Waals surface area contributed by atoms with Crippen LogP contribution in [-0.4, -0.2) is 35.1 Å². The van der Waals surface area contributed by atoms with E-state index in [9.17, 15) is 9.90 Å². The van der Waals surface area contributed by atoms with Crippen molar-refractivity contribution in [2.75, 3.05) is 13.1 Å². The third-order valence-corrected chi connectivity index (χ3v) is 3.37. The van der Waals surface area contributed by atoms with Crippen LogP contribution in [0.4, 0.5) is 0 Å². The number of hydrogen-bond acceptors (Lipinski definition) is 3. The highest BCUT2D eigenvalue weighted by atomic mass is 35.5. The van der Waals surface area contributed by atoms with Gasteiger partial charge in [0, 0.05) is 25.6 Å². The molecular weight excluding hydrogens is 264 g/mol. The lowest BCUT2D eigenvalue weighted by molar-refractivity contribution is -0.134. The molecular formula is C14H21ClN2O2. The van der Waals surface area contributed by atoms with Crippen molar-refractivity contribution in [3.63, 3.8) is 0 Å². The van der Waals surface area contributed by atoms with Gasteiger partial charge in [-0.25, -0.2) is 0 Å². The third kappa shape index (κ3) is 4.49. The third-order valence-electron chi connectivity index (χ3n) is 3.37. The fraction of sp³-hybridized carbons (Fsp3) is 0.500. The number of aliphatic hydroxyl groups is 1. The molecule has 1 heterocycles. The number of benzene rings is 1. The van der Waals surface area contributed by atoms with E-state index in [0.29, 0.717) is 13.0 Å². The van der Waals surface area contributed by atoms with Gasteiger partial charge in [0.25, 0.3) is 0 Å². The summed E-state index contributed by atoms with van der Waals surface area (Å²) in [5.74, 6) is 0.0325. The predicted molar refractivity (Wildman–Crippen MR) is 77.1 cm³/mol. The number of hydrogen-bond donors (Lipinski definition) is 2. The Labute approximate surface area is 120 Å². The van der Waals surface area contributed by atoms with E-state index in [0.717, 1.165) is 24.9 Å². The molecule has 1 amide bonds. The molecule has 0 saturated carbocycles. The van der Waals surface area contributed by atoms with Crippen LogP contribution in [-0.2, 0) is 4.79 Å². The Morgan fingerprint density at radius 3 is 2.74 bits per heavy atom. The Kier molecular flexibility index (Phi) is 6.28. The molecule has 1 fully saturated rings. The van der Waals surface area contributed by atoms with Crippen LogP contribution in [0.3, 0.4) is 0 Å². The first-order valence-corrected chi connectivity index (χ1v) is 6.43. The van der Waals surface area contributed by atoms with Gasteiger partial charge in [0.1, 0.15) is 0 Å². The molecule has 2 rings (SSSR count). The van der Waals surface area contributed by atoms with Crippen LogP contribution < -0.4 is 5.73 Å². The second-order valence-electron chi connectivity index (χ2n) is 4.86. The highest BCUT2D eigenvalue weighted by Crippen LogP contribution is 2.17. The molecule has 0 aromatic heterocycles. The van der Waals surface area contributed by atoms with Crippen molar-refractivity contribution in [2.24, 2.45) is 5.73 Å². The van der Waals surface area contributed by atoms with E-state index < -0.39 is 0 Å². The molecule has 0 radical (unpaired) electrons. The van der Waals surface area contributed by atoms with Gasteiger partial charge in [0.15, 0.2) is 0 Å². The van der Waals surface area contributed by atoms with Crippen LogP contribution >= 0.6 is 12.4 Å². The number of nitrogens with two attached hydrogens (primary N) is 1. The maximum atomic E-state index is 12.1. The molecule has 19 heavy (non-hydrogen) atoms. The van der Waals surface area contributed by atoms with E-state index in [2.05, 4.69) is 0 Å². The second-order valence-corrected chi connectivity index (χ2v) is 4.86. The Balaban J connectivity index is 0.00000180. The highest BCUT2D eigenvalue weighted by Gasteiger charge is 2.23. The van der Waals surface area contributed by atoms with Crippen LogP contribution in [0.5, 0.6) is 0 Å². The second kappa shape index (κ2) is 7.48. The first-order valence-electron chi connectivity index (χ1n) is 6.43. The number of amides is 1. The van der Waals surface area contributed by atoms with Crippen molar-refractivity contribution >= 4 is 18.3 Å². The molecule has 106 valence electrons. The molecule has 1 aliphatic heterocycles. The monoisotopic (exact) mass is 284 g/mol. The summed E-state index contributed by atoms with van der Waals surface area (Å²) < 4.78 is 0. The minimum atomic E-state index is -0.379. The zero-order valence-corrected chi connectivity index (χ0v) is 11.7. The Hall–Kier alpha value is -1.10. The molecule has 0 spiro atoms. The largest absolute Gasteiger partial charge is 0.391 e. The molecule has 1 aliphatic rings. The van der Waals surface area contributed by atoms with E-state index in [-0.39, 0.29) is 30.5 Å². The first kappa shape index (κ1) is 16.0. The summed E-state index contributed by atoms with van der Waals surface area (Å²) in [4.78, 5) is 13.8. The lowest BCUT2D eigenvalue weighted by Gasteiger charge is -2.31. The van der Waals surface area contributed by atoms with Crippen molar-refractivity contribution < 1.29 is 9.90 Å². The maximum Gasteiger partial charge on any atom is 0.224 e. The van der Waals surface area contributed by atoms with Gasteiger partial charge in [0.05, 0.1) is 6.10 Å². The first-order chi connectivity index (χ1) is 8.66. The number of carbonyl (C=O) groups is 1. The molecule has 3 N–H and O–H groups in total. The quantitative estimate of drug-likeness (QED) is 0.884. The SMILES string of the molecule is Cl.NC(CC(=O)N1CCCC(O)C1)c1ccccc1. The van der Waals surface area contributed by atoms with E-state index >= 15 is 0 Å². The number of rotatable bonds is 3.